The number of halogens is 3. The van der Waals surface area contributed by atoms with E-state index in [-0.39, 0.29) is 30.3 Å². The molecule has 3 fully saturated rings. The fraction of sp³-hybridized carbons (Fsp3) is 0.600. The van der Waals surface area contributed by atoms with Crippen LogP contribution in [-0.2, 0) is 14.3 Å². The number of alkyl halides is 3. The maximum atomic E-state index is 13.4. The predicted octanol–water partition coefficient (Wildman–Crippen LogP) is 4.03. The summed E-state index contributed by atoms with van der Waals surface area (Å²) in [6, 6.07) is 7.18. The molecule has 3 aliphatic heterocycles. The molecule has 0 radical (unpaired) electrons. The third-order valence-electron chi connectivity index (χ3n) is 8.61. The zero-order valence-electron chi connectivity index (χ0n) is 25.1. The van der Waals surface area contributed by atoms with Crippen molar-refractivity contribution in [1.29, 1.82) is 0 Å². The Kier molecular flexibility index (Phi) is 8.20. The highest BCUT2D eigenvalue weighted by Crippen LogP contribution is 2.47. The van der Waals surface area contributed by atoms with E-state index in [0.29, 0.717) is 49.1 Å². The zero-order valence-corrected chi connectivity index (χ0v) is 25.1. The highest BCUT2D eigenvalue weighted by atomic mass is 19.4. The Morgan fingerprint density at radius 2 is 1.86 bits per heavy atom. The van der Waals surface area contributed by atoms with Crippen molar-refractivity contribution in [3.8, 4) is 17.2 Å². The molecule has 5 rings (SSSR count). The minimum atomic E-state index is -4.78. The molecule has 1 N–H and O–H groups in total. The van der Waals surface area contributed by atoms with Crippen molar-refractivity contribution in [2.75, 3.05) is 44.8 Å². The number of rotatable bonds is 8. The van der Waals surface area contributed by atoms with Crippen LogP contribution < -0.4 is 19.1 Å². The molecule has 10 nitrogen and oxygen atoms in total. The maximum absolute atomic E-state index is 13.4. The quantitative estimate of drug-likeness (QED) is 0.475. The van der Waals surface area contributed by atoms with Gasteiger partial charge in [-0.1, -0.05) is 13.0 Å². The lowest BCUT2D eigenvalue weighted by Crippen LogP contribution is -2.54. The molecule has 0 aliphatic carbocycles. The second-order valence-corrected chi connectivity index (χ2v) is 12.2. The molecule has 43 heavy (non-hydrogen) atoms. The number of methoxy groups -OCH3 is 1. The Labute approximate surface area is 248 Å². The molecular formula is C30H38F3N3O7. The number of hydrogen-bond donors (Lipinski definition) is 1. The molecular weight excluding hydrogens is 571 g/mol. The Bertz CT molecular complexity index is 1350. The monoisotopic (exact) mass is 609 g/mol. The summed E-state index contributed by atoms with van der Waals surface area (Å²) >= 11 is 0. The summed E-state index contributed by atoms with van der Waals surface area (Å²) in [5, 5.41) is 10.9. The SMILES string of the molecule is COc1ccc([C@@H]2CN(C(=O)C3COC(C)(C)O3)C[C@@]2(C)[C@@H](C)O)cc1OC1CN(c2cc(C)c(OC(F)(F)F)cn2)C1. The molecule has 3 aliphatic rings. The highest BCUT2D eigenvalue weighted by Gasteiger charge is 2.51. The fourth-order valence-electron chi connectivity index (χ4n) is 5.92. The van der Waals surface area contributed by atoms with Gasteiger partial charge in [-0.05, 0) is 57.0 Å². The second-order valence-electron chi connectivity index (χ2n) is 12.2. The van der Waals surface area contributed by atoms with E-state index in [1.54, 1.807) is 38.8 Å². The molecule has 13 heteroatoms. The molecule has 3 saturated heterocycles. The first-order valence-corrected chi connectivity index (χ1v) is 14.2. The first kappa shape index (κ1) is 31.1. The van der Waals surface area contributed by atoms with E-state index in [9.17, 15) is 23.1 Å². The molecule has 236 valence electrons. The third-order valence-corrected chi connectivity index (χ3v) is 8.61. The molecule has 1 aromatic carbocycles. The Balaban J connectivity index is 1.29. The smallest absolute Gasteiger partial charge is 0.493 e. The van der Waals surface area contributed by atoms with Crippen LogP contribution in [0.5, 0.6) is 17.2 Å². The molecule has 4 atom stereocenters. The van der Waals surface area contributed by atoms with Crippen LogP contribution >= 0.6 is 0 Å². The Morgan fingerprint density at radius 1 is 1.14 bits per heavy atom. The number of aryl methyl sites for hydroxylation is 1. The first-order chi connectivity index (χ1) is 20.1. The summed E-state index contributed by atoms with van der Waals surface area (Å²) in [5.41, 5.74) is 0.587. The van der Waals surface area contributed by atoms with E-state index < -0.39 is 29.8 Å². The van der Waals surface area contributed by atoms with Crippen molar-refractivity contribution in [3.63, 3.8) is 0 Å². The van der Waals surface area contributed by atoms with Crippen molar-refractivity contribution >= 4 is 11.7 Å². The molecule has 1 aromatic heterocycles. The lowest BCUT2D eigenvalue weighted by molar-refractivity contribution is -0.275. The largest absolute Gasteiger partial charge is 0.573 e. The van der Waals surface area contributed by atoms with Gasteiger partial charge in [0, 0.05) is 24.4 Å². The van der Waals surface area contributed by atoms with Gasteiger partial charge in [-0.25, -0.2) is 4.98 Å². The number of hydrogen-bond acceptors (Lipinski definition) is 9. The van der Waals surface area contributed by atoms with E-state index in [0.717, 1.165) is 11.8 Å². The third kappa shape index (κ3) is 6.48. The van der Waals surface area contributed by atoms with Gasteiger partial charge in [-0.2, -0.15) is 0 Å². The number of anilines is 1. The van der Waals surface area contributed by atoms with Crippen LogP contribution in [0.3, 0.4) is 0 Å². The van der Waals surface area contributed by atoms with Crippen molar-refractivity contribution in [2.24, 2.45) is 5.41 Å². The lowest BCUT2D eigenvalue weighted by atomic mass is 9.72. The number of likely N-dealkylation sites (tertiary alicyclic amines) is 1. The zero-order chi connectivity index (χ0) is 31.3. The van der Waals surface area contributed by atoms with Gasteiger partial charge in [0.2, 0.25) is 0 Å². The van der Waals surface area contributed by atoms with Crippen LogP contribution in [0.1, 0.15) is 44.7 Å². The minimum Gasteiger partial charge on any atom is -0.493 e. The summed E-state index contributed by atoms with van der Waals surface area (Å²) in [6.07, 6.45) is -5.34. The summed E-state index contributed by atoms with van der Waals surface area (Å²) in [7, 11) is 1.55. The van der Waals surface area contributed by atoms with E-state index in [2.05, 4.69) is 9.72 Å². The van der Waals surface area contributed by atoms with Crippen LogP contribution in [0.2, 0.25) is 0 Å². The number of pyridine rings is 1. The van der Waals surface area contributed by atoms with Gasteiger partial charge in [0.05, 0.1) is 39.1 Å². The van der Waals surface area contributed by atoms with Gasteiger partial charge in [-0.15, -0.1) is 13.2 Å². The van der Waals surface area contributed by atoms with E-state index in [4.69, 9.17) is 18.9 Å². The predicted molar refractivity (Wildman–Crippen MR) is 149 cm³/mol. The number of carbonyl (C=O) groups is 1. The van der Waals surface area contributed by atoms with Crippen molar-refractivity contribution in [1.82, 2.24) is 9.88 Å². The second kappa shape index (κ2) is 11.3. The number of carbonyl (C=O) groups excluding carboxylic acids is 1. The summed E-state index contributed by atoms with van der Waals surface area (Å²) in [5.74, 6) is 0.0602. The van der Waals surface area contributed by atoms with Crippen LogP contribution in [0.15, 0.2) is 30.5 Å². The topological polar surface area (TPSA) is 103 Å². The fourth-order valence-corrected chi connectivity index (χ4v) is 5.92. The summed E-state index contributed by atoms with van der Waals surface area (Å²) < 4.78 is 65.1. The minimum absolute atomic E-state index is 0.165. The lowest BCUT2D eigenvalue weighted by Gasteiger charge is -2.40. The van der Waals surface area contributed by atoms with Crippen LogP contribution in [0.4, 0.5) is 19.0 Å². The molecule has 4 heterocycles. The van der Waals surface area contributed by atoms with Crippen molar-refractivity contribution in [3.05, 3.63) is 41.6 Å². The van der Waals surface area contributed by atoms with Crippen LogP contribution in [0.25, 0.3) is 0 Å². The van der Waals surface area contributed by atoms with Gasteiger partial charge in [0.15, 0.2) is 29.1 Å². The standard InChI is InChI=1S/C30H38F3N3O7/c1-17-9-26(34-11-24(17)43-30(31,32)33)35-12-20(13-35)41-23-10-19(7-8-22(23)39-6)21-14-36(16-29(21,5)18(2)37)27(38)25-15-40-28(3,4)42-25/h7-11,18,20-21,25,37H,12-16H2,1-6H3/t18-,21+,25?,29+/m1/s1. The molecule has 1 unspecified atom stereocenters. The van der Waals surface area contributed by atoms with Crippen molar-refractivity contribution in [2.45, 2.75) is 71.0 Å². The first-order valence-electron chi connectivity index (χ1n) is 14.2. The summed E-state index contributed by atoms with van der Waals surface area (Å²) in [6.45, 7) is 10.6. The number of nitrogens with zero attached hydrogens (tertiary/aromatic N) is 3. The van der Waals surface area contributed by atoms with Gasteiger partial charge >= 0.3 is 6.36 Å². The molecule has 0 bridgehead atoms. The van der Waals surface area contributed by atoms with Gasteiger partial charge < -0.3 is 38.6 Å². The number of benzene rings is 1. The number of aliphatic hydroxyl groups is 1. The van der Waals surface area contributed by atoms with E-state index in [1.807, 2.05) is 30.0 Å². The molecule has 0 saturated carbocycles. The van der Waals surface area contributed by atoms with Gasteiger partial charge in [0.25, 0.3) is 5.91 Å². The average molecular weight is 610 g/mol. The van der Waals surface area contributed by atoms with E-state index >= 15 is 0 Å². The molecule has 2 aromatic rings. The Morgan fingerprint density at radius 3 is 2.44 bits per heavy atom. The molecule has 0 spiro atoms. The van der Waals surface area contributed by atoms with Crippen LogP contribution in [0, 0.1) is 12.3 Å². The molecule has 1 amide bonds. The number of aliphatic hydroxyl groups excluding tert-OH is 1. The average Bonchev–Trinajstić information content (AvgIpc) is 3.46. The number of ether oxygens (including phenoxy) is 5. The van der Waals surface area contributed by atoms with Crippen LogP contribution in [-0.4, -0.2) is 91.3 Å². The Hall–Kier alpha value is -3.29. The van der Waals surface area contributed by atoms with Crippen molar-refractivity contribution < 1.29 is 46.8 Å². The highest BCUT2D eigenvalue weighted by molar-refractivity contribution is 5.82. The van der Waals surface area contributed by atoms with Gasteiger partial charge in [0.1, 0.15) is 11.9 Å². The summed E-state index contributed by atoms with van der Waals surface area (Å²) in [4.78, 5) is 21.1. The maximum Gasteiger partial charge on any atom is 0.573 e. The van der Waals surface area contributed by atoms with Gasteiger partial charge in [-0.3, -0.25) is 4.79 Å². The normalized spacial score (nSPS) is 26.3. The van der Waals surface area contributed by atoms with E-state index in [1.165, 1.54) is 6.92 Å². The number of amides is 1. The number of aromatic nitrogens is 1.